The highest BCUT2D eigenvalue weighted by Crippen LogP contribution is 2.18. The van der Waals surface area contributed by atoms with E-state index in [4.69, 9.17) is 9.84 Å². The maximum Gasteiger partial charge on any atom is 0.335 e. The molecule has 0 aliphatic carbocycles. The highest BCUT2D eigenvalue weighted by molar-refractivity contribution is 7.85. The maximum atomic E-state index is 12.0. The summed E-state index contributed by atoms with van der Waals surface area (Å²) in [5, 5.41) is 8.77. The molecule has 5 heteroatoms. The van der Waals surface area contributed by atoms with Crippen LogP contribution >= 0.6 is 0 Å². The zero-order valence-electron chi connectivity index (χ0n) is 8.59. The van der Waals surface area contributed by atoms with Gasteiger partial charge in [-0.3, -0.25) is 4.21 Å². The molecule has 1 aliphatic rings. The van der Waals surface area contributed by atoms with Gasteiger partial charge in [0.05, 0.1) is 28.2 Å². The minimum absolute atomic E-state index is 0.0377. The van der Waals surface area contributed by atoms with Crippen molar-refractivity contribution < 1.29 is 18.8 Å². The van der Waals surface area contributed by atoms with E-state index in [0.29, 0.717) is 18.1 Å². The van der Waals surface area contributed by atoms with Crippen molar-refractivity contribution >= 4 is 16.8 Å². The first-order valence-electron chi connectivity index (χ1n) is 5.00. The molecule has 1 aromatic carbocycles. The van der Waals surface area contributed by atoms with Crippen molar-refractivity contribution in [1.29, 1.82) is 0 Å². The van der Waals surface area contributed by atoms with Crippen LogP contribution in [0.3, 0.4) is 0 Å². The molecule has 0 bridgehead atoms. The van der Waals surface area contributed by atoms with Crippen LogP contribution in [-0.4, -0.2) is 33.7 Å². The Labute approximate surface area is 95.7 Å². The molecule has 0 amide bonds. The molecular weight excluding hydrogens is 228 g/mol. The van der Waals surface area contributed by atoms with Crippen LogP contribution in [0.25, 0.3) is 0 Å². The molecule has 2 rings (SSSR count). The van der Waals surface area contributed by atoms with E-state index < -0.39 is 16.8 Å². The first-order chi connectivity index (χ1) is 7.68. The molecule has 16 heavy (non-hydrogen) atoms. The van der Waals surface area contributed by atoms with Gasteiger partial charge in [-0.2, -0.15) is 0 Å². The van der Waals surface area contributed by atoms with Gasteiger partial charge >= 0.3 is 5.97 Å². The Morgan fingerprint density at radius 3 is 2.56 bits per heavy atom. The quantitative estimate of drug-likeness (QED) is 0.864. The average molecular weight is 240 g/mol. The minimum Gasteiger partial charge on any atom is -0.478 e. The van der Waals surface area contributed by atoms with Gasteiger partial charge in [0, 0.05) is 11.5 Å². The number of aromatic carboxylic acids is 1. The standard InChI is InChI=1S/C11H12O4S/c12-11(13)8-1-3-9(4-2-8)16(14)10-5-6-15-7-10/h1-4,10H,5-7H2,(H,12,13). The first-order valence-corrected chi connectivity index (χ1v) is 6.21. The average Bonchev–Trinajstić information content (AvgIpc) is 2.81. The molecule has 4 nitrogen and oxygen atoms in total. The molecule has 1 saturated heterocycles. The van der Waals surface area contributed by atoms with Gasteiger partial charge in [-0.15, -0.1) is 0 Å². The molecule has 0 radical (unpaired) electrons. The van der Waals surface area contributed by atoms with Crippen molar-refractivity contribution in [1.82, 2.24) is 0 Å². The van der Waals surface area contributed by atoms with Crippen LogP contribution in [-0.2, 0) is 15.5 Å². The maximum absolute atomic E-state index is 12.0. The van der Waals surface area contributed by atoms with E-state index in [9.17, 15) is 9.00 Å². The van der Waals surface area contributed by atoms with Crippen LogP contribution < -0.4 is 0 Å². The summed E-state index contributed by atoms with van der Waals surface area (Å²) in [6.07, 6.45) is 0.799. The van der Waals surface area contributed by atoms with Crippen molar-refractivity contribution in [2.75, 3.05) is 13.2 Å². The van der Waals surface area contributed by atoms with Crippen LogP contribution in [0, 0.1) is 0 Å². The van der Waals surface area contributed by atoms with Crippen LogP contribution in [0.5, 0.6) is 0 Å². The second kappa shape index (κ2) is 4.76. The summed E-state index contributed by atoms with van der Waals surface area (Å²) < 4.78 is 17.2. The highest BCUT2D eigenvalue weighted by Gasteiger charge is 2.23. The van der Waals surface area contributed by atoms with E-state index in [2.05, 4.69) is 0 Å². The van der Waals surface area contributed by atoms with Gasteiger partial charge in [-0.1, -0.05) is 0 Å². The Hall–Kier alpha value is -1.20. The Morgan fingerprint density at radius 1 is 1.38 bits per heavy atom. The molecule has 1 heterocycles. The number of hydrogen-bond acceptors (Lipinski definition) is 3. The fourth-order valence-electron chi connectivity index (χ4n) is 1.61. The van der Waals surface area contributed by atoms with Gasteiger partial charge in [0.2, 0.25) is 0 Å². The van der Waals surface area contributed by atoms with Crippen molar-refractivity contribution in [2.45, 2.75) is 16.6 Å². The molecule has 1 fully saturated rings. The number of carbonyl (C=O) groups is 1. The number of benzene rings is 1. The van der Waals surface area contributed by atoms with E-state index in [0.717, 1.165) is 6.42 Å². The predicted octanol–water partition coefficient (Wildman–Crippen LogP) is 1.28. The lowest BCUT2D eigenvalue weighted by molar-refractivity contribution is 0.0697. The lowest BCUT2D eigenvalue weighted by Gasteiger charge is -2.07. The molecule has 1 aliphatic heterocycles. The van der Waals surface area contributed by atoms with Gasteiger partial charge in [-0.05, 0) is 30.7 Å². The van der Waals surface area contributed by atoms with Crippen LogP contribution in [0.1, 0.15) is 16.8 Å². The summed E-state index contributed by atoms with van der Waals surface area (Å²) >= 11 is 0. The van der Waals surface area contributed by atoms with Gasteiger partial charge in [0.15, 0.2) is 0 Å². The van der Waals surface area contributed by atoms with E-state index in [1.807, 2.05) is 0 Å². The smallest absolute Gasteiger partial charge is 0.335 e. The third-order valence-corrected chi connectivity index (χ3v) is 4.24. The molecule has 0 spiro atoms. The summed E-state index contributed by atoms with van der Waals surface area (Å²) in [4.78, 5) is 11.3. The lowest BCUT2D eigenvalue weighted by atomic mass is 10.2. The zero-order valence-corrected chi connectivity index (χ0v) is 9.40. The van der Waals surface area contributed by atoms with Gasteiger partial charge in [0.1, 0.15) is 0 Å². The fourth-order valence-corrected chi connectivity index (χ4v) is 2.93. The predicted molar refractivity (Wildman–Crippen MR) is 59.0 cm³/mol. The van der Waals surface area contributed by atoms with Crippen LogP contribution in [0.15, 0.2) is 29.2 Å². The number of hydrogen-bond donors (Lipinski definition) is 1. The third-order valence-electron chi connectivity index (χ3n) is 2.52. The summed E-state index contributed by atoms with van der Waals surface area (Å²) in [6.45, 7) is 1.18. The normalized spacial score (nSPS) is 21.9. The summed E-state index contributed by atoms with van der Waals surface area (Å²) in [6, 6.07) is 6.17. The van der Waals surface area contributed by atoms with Crippen molar-refractivity contribution in [3.63, 3.8) is 0 Å². The molecule has 1 N–H and O–H groups in total. The number of rotatable bonds is 3. The number of carboxylic acid groups (broad SMARTS) is 1. The Morgan fingerprint density at radius 2 is 2.06 bits per heavy atom. The lowest BCUT2D eigenvalue weighted by Crippen LogP contribution is -2.14. The Kier molecular flexibility index (Phi) is 3.36. The van der Waals surface area contributed by atoms with E-state index in [1.54, 1.807) is 12.1 Å². The minimum atomic E-state index is -1.10. The van der Waals surface area contributed by atoms with E-state index in [1.165, 1.54) is 12.1 Å². The van der Waals surface area contributed by atoms with Crippen LogP contribution in [0.2, 0.25) is 0 Å². The Balaban J connectivity index is 2.14. The van der Waals surface area contributed by atoms with Crippen molar-refractivity contribution in [2.24, 2.45) is 0 Å². The second-order valence-corrected chi connectivity index (χ2v) is 5.35. The van der Waals surface area contributed by atoms with E-state index >= 15 is 0 Å². The summed E-state index contributed by atoms with van der Waals surface area (Å²) in [5.41, 5.74) is 0.212. The van der Waals surface area contributed by atoms with Gasteiger partial charge < -0.3 is 9.84 Å². The molecule has 2 atom stereocenters. The topological polar surface area (TPSA) is 63.6 Å². The van der Waals surface area contributed by atoms with Crippen LogP contribution in [0.4, 0.5) is 0 Å². The van der Waals surface area contributed by atoms with Gasteiger partial charge in [0.25, 0.3) is 0 Å². The molecule has 2 unspecified atom stereocenters. The summed E-state index contributed by atoms with van der Waals surface area (Å²) in [7, 11) is -1.10. The largest absolute Gasteiger partial charge is 0.478 e. The SMILES string of the molecule is O=C(O)c1ccc(S(=O)C2CCOC2)cc1. The zero-order chi connectivity index (χ0) is 11.5. The molecule has 0 saturated carbocycles. The van der Waals surface area contributed by atoms with Crippen molar-refractivity contribution in [3.05, 3.63) is 29.8 Å². The molecule has 0 aromatic heterocycles. The Bertz CT molecular complexity index is 406. The molecular formula is C11H12O4S. The third kappa shape index (κ3) is 2.31. The monoisotopic (exact) mass is 240 g/mol. The highest BCUT2D eigenvalue weighted by atomic mass is 32.2. The fraction of sp³-hybridized carbons (Fsp3) is 0.364. The number of carboxylic acids is 1. The number of ether oxygens (including phenoxy) is 1. The van der Waals surface area contributed by atoms with Gasteiger partial charge in [-0.25, -0.2) is 4.79 Å². The van der Waals surface area contributed by atoms with E-state index in [-0.39, 0.29) is 10.8 Å². The molecule has 86 valence electrons. The molecule has 1 aromatic rings. The summed E-state index contributed by atoms with van der Waals surface area (Å²) in [5.74, 6) is -0.971. The first kappa shape index (κ1) is 11.3. The van der Waals surface area contributed by atoms with Crippen molar-refractivity contribution in [3.8, 4) is 0 Å². The second-order valence-electron chi connectivity index (χ2n) is 3.61.